The van der Waals surface area contributed by atoms with Crippen molar-refractivity contribution in [1.29, 1.82) is 0 Å². The summed E-state index contributed by atoms with van der Waals surface area (Å²) in [5.74, 6) is 0.713. The lowest BCUT2D eigenvalue weighted by atomic mass is 10.1. The molecule has 0 spiro atoms. The molecule has 0 amide bonds. The summed E-state index contributed by atoms with van der Waals surface area (Å²) < 4.78 is 7.90. The highest BCUT2D eigenvalue weighted by Crippen LogP contribution is 2.21. The van der Waals surface area contributed by atoms with E-state index in [4.69, 9.17) is 4.74 Å². The minimum Gasteiger partial charge on any atom is -0.379 e. The van der Waals surface area contributed by atoms with E-state index in [0.717, 1.165) is 45.0 Å². The van der Waals surface area contributed by atoms with Gasteiger partial charge in [-0.1, -0.05) is 0 Å². The van der Waals surface area contributed by atoms with Crippen LogP contribution in [0.15, 0.2) is 12.3 Å². The van der Waals surface area contributed by atoms with Crippen LogP contribution in [0.1, 0.15) is 23.0 Å². The topological polar surface area (TPSA) is 37.7 Å². The first-order valence-corrected chi connectivity index (χ1v) is 7.69. The van der Waals surface area contributed by atoms with Gasteiger partial charge < -0.3 is 14.2 Å². The molecule has 3 rings (SSSR count). The van der Waals surface area contributed by atoms with E-state index in [2.05, 4.69) is 21.4 Å². The third kappa shape index (κ3) is 3.20. The van der Waals surface area contributed by atoms with Crippen molar-refractivity contribution in [1.82, 2.24) is 14.4 Å². The number of hydrogen-bond acceptors (Lipinski definition) is 4. The second-order valence-electron chi connectivity index (χ2n) is 6.60. The van der Waals surface area contributed by atoms with Crippen molar-refractivity contribution in [2.24, 2.45) is 13.0 Å². The number of Topliss-reactive ketones (excluding diaryl/α,β-unsaturated/α-hetero) is 1. The van der Waals surface area contributed by atoms with Crippen LogP contribution in [0.5, 0.6) is 0 Å². The minimum atomic E-state index is 0.134. The average Bonchev–Trinajstić information content (AvgIpc) is 2.57. The van der Waals surface area contributed by atoms with E-state index in [1.165, 1.54) is 5.69 Å². The number of aryl methyl sites for hydroxylation is 1. The van der Waals surface area contributed by atoms with Crippen LogP contribution < -0.4 is 0 Å². The van der Waals surface area contributed by atoms with E-state index in [1.54, 1.807) is 6.92 Å². The third-order valence-corrected chi connectivity index (χ3v) is 4.64. The summed E-state index contributed by atoms with van der Waals surface area (Å²) in [7, 11) is 4.22. The molecule has 0 N–H and O–H groups in total. The van der Waals surface area contributed by atoms with Crippen LogP contribution in [0.2, 0.25) is 0 Å². The number of likely N-dealkylation sites (N-methyl/N-ethyl adjacent to an activating group) is 1. The van der Waals surface area contributed by atoms with Gasteiger partial charge in [-0.25, -0.2) is 0 Å². The molecular weight excluding hydrogens is 266 g/mol. The van der Waals surface area contributed by atoms with Gasteiger partial charge in [0, 0.05) is 62.6 Å². The van der Waals surface area contributed by atoms with Crippen LogP contribution in [-0.4, -0.2) is 66.1 Å². The summed E-state index contributed by atoms with van der Waals surface area (Å²) in [5, 5.41) is 0. The Hall–Kier alpha value is -1.17. The zero-order chi connectivity index (χ0) is 15.0. The van der Waals surface area contributed by atoms with Crippen molar-refractivity contribution in [3.8, 4) is 0 Å². The maximum atomic E-state index is 11.5. The van der Waals surface area contributed by atoms with Crippen LogP contribution in [0.4, 0.5) is 0 Å². The predicted molar refractivity (Wildman–Crippen MR) is 81.4 cm³/mol. The van der Waals surface area contributed by atoms with Crippen LogP contribution >= 0.6 is 0 Å². The molecule has 2 aliphatic heterocycles. The van der Waals surface area contributed by atoms with Gasteiger partial charge in [-0.3, -0.25) is 9.69 Å². The van der Waals surface area contributed by atoms with E-state index < -0.39 is 0 Å². The molecule has 0 unspecified atom stereocenters. The van der Waals surface area contributed by atoms with Crippen molar-refractivity contribution in [3.05, 3.63) is 23.5 Å². The summed E-state index contributed by atoms with van der Waals surface area (Å²) in [5.41, 5.74) is 2.01. The lowest BCUT2D eigenvalue weighted by molar-refractivity contribution is 0.0558. The summed E-state index contributed by atoms with van der Waals surface area (Å²) >= 11 is 0. The van der Waals surface area contributed by atoms with Crippen molar-refractivity contribution in [2.45, 2.75) is 19.5 Å². The molecule has 2 saturated heterocycles. The largest absolute Gasteiger partial charge is 0.379 e. The van der Waals surface area contributed by atoms with Gasteiger partial charge >= 0.3 is 0 Å². The highest BCUT2D eigenvalue weighted by molar-refractivity contribution is 5.94. The third-order valence-electron chi connectivity index (χ3n) is 4.64. The van der Waals surface area contributed by atoms with E-state index in [9.17, 15) is 4.79 Å². The maximum absolute atomic E-state index is 11.5. The molecule has 0 saturated carbocycles. The zero-order valence-electron chi connectivity index (χ0n) is 13.2. The molecule has 2 aliphatic rings. The minimum absolute atomic E-state index is 0.134. The SMILES string of the molecule is CC(=O)c1cc(CN2C[C@H]3COC[C@@H]2CN(C)C3)n(C)c1. The highest BCUT2D eigenvalue weighted by Gasteiger charge is 2.32. The highest BCUT2D eigenvalue weighted by atomic mass is 16.5. The molecule has 0 radical (unpaired) electrons. The number of nitrogens with zero attached hydrogens (tertiary/aromatic N) is 3. The number of ketones is 1. The lowest BCUT2D eigenvalue weighted by Gasteiger charge is -2.29. The number of carbonyl (C=O) groups excluding carboxylic acids is 1. The van der Waals surface area contributed by atoms with Gasteiger partial charge in [-0.15, -0.1) is 0 Å². The first-order chi connectivity index (χ1) is 10.0. The first kappa shape index (κ1) is 14.8. The number of ether oxygens (including phenoxy) is 1. The summed E-state index contributed by atoms with van der Waals surface area (Å²) in [6.45, 7) is 7.44. The number of hydrogen-bond donors (Lipinski definition) is 0. The smallest absolute Gasteiger partial charge is 0.161 e. The number of carbonyl (C=O) groups is 1. The standard InChI is InChI=1S/C16H25N3O2/c1-12(20)14-4-15(18(3)7-14)9-19-6-13-5-17(2)8-16(19)11-21-10-13/h4,7,13,16H,5-6,8-11H2,1-3H3/t13-,16-/m0/s1. The fraction of sp³-hybridized carbons (Fsp3) is 0.688. The Morgan fingerprint density at radius 1 is 1.29 bits per heavy atom. The molecule has 3 heterocycles. The molecule has 2 fully saturated rings. The number of fused-ring (bicyclic) bond motifs is 3. The van der Waals surface area contributed by atoms with Crippen LogP contribution in [-0.2, 0) is 18.3 Å². The van der Waals surface area contributed by atoms with Crippen LogP contribution in [0, 0.1) is 5.92 Å². The molecule has 1 aromatic rings. The normalized spacial score (nSPS) is 27.6. The zero-order valence-corrected chi connectivity index (χ0v) is 13.2. The van der Waals surface area contributed by atoms with Crippen molar-refractivity contribution in [2.75, 3.05) is 39.9 Å². The Kier molecular flexibility index (Phi) is 4.15. The summed E-state index contributed by atoms with van der Waals surface area (Å²) in [4.78, 5) is 16.5. The molecule has 0 aliphatic carbocycles. The van der Waals surface area contributed by atoms with Gasteiger partial charge in [0.15, 0.2) is 5.78 Å². The van der Waals surface area contributed by atoms with Crippen molar-refractivity contribution >= 4 is 5.78 Å². The molecule has 0 aromatic carbocycles. The van der Waals surface area contributed by atoms with Crippen LogP contribution in [0.25, 0.3) is 0 Å². The molecule has 116 valence electrons. The van der Waals surface area contributed by atoms with Gasteiger partial charge in [0.05, 0.1) is 13.2 Å². The Balaban J connectivity index is 1.79. The maximum Gasteiger partial charge on any atom is 0.161 e. The van der Waals surface area contributed by atoms with Crippen molar-refractivity contribution in [3.63, 3.8) is 0 Å². The molecule has 2 bridgehead atoms. The molecule has 5 heteroatoms. The molecule has 21 heavy (non-hydrogen) atoms. The fourth-order valence-corrected chi connectivity index (χ4v) is 3.52. The van der Waals surface area contributed by atoms with E-state index in [0.29, 0.717) is 12.0 Å². The average molecular weight is 291 g/mol. The second-order valence-corrected chi connectivity index (χ2v) is 6.60. The van der Waals surface area contributed by atoms with E-state index >= 15 is 0 Å². The van der Waals surface area contributed by atoms with E-state index in [-0.39, 0.29) is 5.78 Å². The molecule has 2 atom stereocenters. The lowest BCUT2D eigenvalue weighted by Crippen LogP contribution is -2.42. The Labute approximate surface area is 126 Å². The summed E-state index contributed by atoms with van der Waals surface area (Å²) in [6.07, 6.45) is 1.93. The summed E-state index contributed by atoms with van der Waals surface area (Å²) in [6, 6.07) is 2.47. The number of rotatable bonds is 3. The van der Waals surface area contributed by atoms with Crippen molar-refractivity contribution < 1.29 is 9.53 Å². The molecular formula is C16H25N3O2. The first-order valence-electron chi connectivity index (χ1n) is 7.69. The van der Waals surface area contributed by atoms with Gasteiger partial charge in [-0.05, 0) is 20.0 Å². The quantitative estimate of drug-likeness (QED) is 0.779. The molecule has 5 nitrogen and oxygen atoms in total. The second kappa shape index (κ2) is 5.91. The monoisotopic (exact) mass is 291 g/mol. The predicted octanol–water partition coefficient (Wildman–Crippen LogP) is 0.990. The van der Waals surface area contributed by atoms with Crippen LogP contribution in [0.3, 0.4) is 0 Å². The Bertz CT molecular complexity index is 526. The van der Waals surface area contributed by atoms with Gasteiger partial charge in [0.25, 0.3) is 0 Å². The Morgan fingerprint density at radius 2 is 2.10 bits per heavy atom. The molecule has 1 aromatic heterocycles. The van der Waals surface area contributed by atoms with Gasteiger partial charge in [-0.2, -0.15) is 0 Å². The fourth-order valence-electron chi connectivity index (χ4n) is 3.52. The van der Waals surface area contributed by atoms with Gasteiger partial charge in [0.2, 0.25) is 0 Å². The van der Waals surface area contributed by atoms with E-state index in [1.807, 2.05) is 19.3 Å². The Morgan fingerprint density at radius 3 is 2.81 bits per heavy atom. The van der Waals surface area contributed by atoms with Gasteiger partial charge in [0.1, 0.15) is 0 Å². The number of aromatic nitrogens is 1.